The van der Waals surface area contributed by atoms with Crippen molar-refractivity contribution in [1.29, 1.82) is 0 Å². The first-order valence-corrected chi connectivity index (χ1v) is 42.8. The quantitative estimate of drug-likeness (QED) is 0.0328. The van der Waals surface area contributed by atoms with Crippen LogP contribution in [-0.4, -0.2) is 305 Å². The second-order valence-corrected chi connectivity index (χ2v) is 40.5. The van der Waals surface area contributed by atoms with Gasteiger partial charge in [0, 0.05) is 126 Å². The molecule has 8 heterocycles. The summed E-state index contributed by atoms with van der Waals surface area (Å²) in [6.07, 6.45) is 17.5. The number of rotatable bonds is 28. The lowest BCUT2D eigenvalue weighted by Gasteiger charge is -2.52. The molecule has 0 aromatic carbocycles. The Hall–Kier alpha value is -2.86. The summed E-state index contributed by atoms with van der Waals surface area (Å²) >= 11 is 0. The van der Waals surface area contributed by atoms with E-state index >= 15 is 0 Å². The number of piperidine rings is 3. The first kappa shape index (κ1) is 82.1. The molecule has 0 aromatic rings. The largest absolute Gasteiger partial charge is 0.480 e. The lowest BCUT2D eigenvalue weighted by atomic mass is 9.70. The minimum Gasteiger partial charge on any atom is -0.480 e. The van der Waals surface area contributed by atoms with E-state index in [4.69, 9.17) is 63.1 Å². The fourth-order valence-electron chi connectivity index (χ4n) is 18.9. The van der Waals surface area contributed by atoms with E-state index in [0.29, 0.717) is 101 Å². The number of hydrogen-bond acceptors (Lipinski definition) is 24. The average molecular weight is 1550 g/mol. The van der Waals surface area contributed by atoms with Crippen molar-refractivity contribution in [2.24, 2.45) is 81.6 Å². The molecule has 5 unspecified atom stereocenters. The maximum absolute atomic E-state index is 13.2. The highest BCUT2D eigenvalue weighted by molar-refractivity contribution is 7.87. The van der Waals surface area contributed by atoms with Crippen molar-refractivity contribution in [3.63, 3.8) is 0 Å². The first-order chi connectivity index (χ1) is 48.5. The van der Waals surface area contributed by atoms with Crippen LogP contribution in [0.2, 0.25) is 25.3 Å². The summed E-state index contributed by atoms with van der Waals surface area (Å²) in [6, 6.07) is 0.349. The molecule has 14 aliphatic rings. The zero-order valence-corrected chi connectivity index (χ0v) is 62.1. The molecule has 44 heteroatoms. The van der Waals surface area contributed by atoms with Gasteiger partial charge in [-0.05, 0) is 157 Å². The van der Waals surface area contributed by atoms with E-state index in [1.165, 1.54) is 32.3 Å². The number of carboxylic acids is 4. The molecule has 1 spiro atoms. The van der Waals surface area contributed by atoms with E-state index in [-0.39, 0.29) is 113 Å². The summed E-state index contributed by atoms with van der Waals surface area (Å²) in [5.74, 6) is -4.81. The predicted molar refractivity (Wildman–Crippen MR) is 376 cm³/mol. The fourth-order valence-corrected chi connectivity index (χ4v) is 27.3. The molecule has 588 valence electrons. The zero-order chi connectivity index (χ0) is 76.0. The van der Waals surface area contributed by atoms with Crippen molar-refractivity contribution in [2.75, 3.05) is 72.0 Å². The Morgan fingerprint density at radius 3 is 0.942 bits per heavy atom. The maximum Gasteiger partial charge on any atom is 0.451 e. The Morgan fingerprint density at radius 1 is 0.356 bits per heavy atom. The third-order valence-corrected chi connectivity index (χ3v) is 33.5. The lowest BCUT2D eigenvalue weighted by molar-refractivity contribution is -0.145. The van der Waals surface area contributed by atoms with Crippen molar-refractivity contribution < 1.29 is 113 Å². The van der Waals surface area contributed by atoms with Gasteiger partial charge in [-0.3, -0.25) is 19.2 Å². The Kier molecular flexibility index (Phi) is 24.5. The lowest BCUT2D eigenvalue weighted by Crippen LogP contribution is -2.62. The predicted octanol–water partition coefficient (Wildman–Crippen LogP) is -4.49. The average Bonchev–Trinajstić information content (AvgIpc) is 1.55. The summed E-state index contributed by atoms with van der Waals surface area (Å²) in [5, 5.41) is 110. The van der Waals surface area contributed by atoms with Crippen LogP contribution in [0.25, 0.3) is 0 Å². The summed E-state index contributed by atoms with van der Waals surface area (Å²) in [4.78, 5) is 47.0. The molecule has 8 aliphatic heterocycles. The van der Waals surface area contributed by atoms with Gasteiger partial charge >= 0.3 is 52.4 Å². The van der Waals surface area contributed by atoms with Gasteiger partial charge < -0.3 is 83.6 Å². The van der Waals surface area contributed by atoms with Gasteiger partial charge in [-0.15, -0.1) is 0 Å². The number of hydrogen-bond donors (Lipinski definition) is 16. The summed E-state index contributed by atoms with van der Waals surface area (Å²) in [6.45, 7) is 0.782. The normalized spacial score (nSPS) is 38.0. The number of nitrogens with zero attached hydrogens (tertiary/aromatic N) is 8. The van der Waals surface area contributed by atoms with Gasteiger partial charge in [0.05, 0.1) is 0 Å². The minimum absolute atomic E-state index is 0.0517. The summed E-state index contributed by atoms with van der Waals surface area (Å²) < 4.78 is 116. The van der Waals surface area contributed by atoms with Crippen molar-refractivity contribution >= 4 is 93.2 Å². The van der Waals surface area contributed by atoms with Crippen LogP contribution in [0.3, 0.4) is 0 Å². The van der Waals surface area contributed by atoms with E-state index in [2.05, 4.69) is 0 Å². The van der Waals surface area contributed by atoms with E-state index < -0.39 is 139 Å². The molecule has 104 heavy (non-hydrogen) atoms. The van der Waals surface area contributed by atoms with Crippen LogP contribution in [0.15, 0.2) is 0 Å². The Bertz CT molecular complexity index is 3470. The molecule has 14 rings (SSSR count). The standard InChI is InChI=1S/C16H30BN3O6S.2C15H26BN3O6S.C14H26BN3O6S/c18-16(14(21)22)12-19(9-13(16)5-4-8-17(23)24)27(25,26)20-10-15(11-20)6-2-1-3-7-15;2*17-15(14(20)21)8-18(7-11(15)2-1-3-16(22)23)26(24,25)19-12-5-9(12)4-10-6-13(10)19;16-14(13(19)20)9-17(8-11(14)4-1-5-15(21)22)25(23,24)18-6-2-3-10-7-12(10)18/h13,23-24H,1-12,18H2,(H,21,22);2*9-13,22-23H,1-8,17H2,(H,20,21);10-12,21-22H,1-9,16H2,(H,19,20)/t13-,16-;9-,10?,11+,12?,13-,15+;9-,10?,11-,12?,13+,15-;10-,11+,12?,14+/m0101/s1. The van der Waals surface area contributed by atoms with Crippen LogP contribution in [0.4, 0.5) is 0 Å². The monoisotopic (exact) mass is 1550 g/mol. The molecule has 18 atom stereocenters. The highest BCUT2D eigenvalue weighted by Crippen LogP contribution is 2.60. The maximum atomic E-state index is 13.2. The smallest absolute Gasteiger partial charge is 0.451 e. The van der Waals surface area contributed by atoms with Gasteiger partial charge in [0.15, 0.2) is 0 Å². The molecule has 36 nitrogen and oxygen atoms in total. The van der Waals surface area contributed by atoms with Crippen LogP contribution >= 0.6 is 0 Å². The summed E-state index contributed by atoms with van der Waals surface area (Å²) in [5.41, 5.74) is 17.9. The van der Waals surface area contributed by atoms with Gasteiger partial charge in [0.1, 0.15) is 22.2 Å². The van der Waals surface area contributed by atoms with Gasteiger partial charge in [-0.25, -0.2) is 0 Å². The Labute approximate surface area is 610 Å². The van der Waals surface area contributed by atoms with Crippen molar-refractivity contribution in [3.8, 4) is 0 Å². The van der Waals surface area contributed by atoms with Crippen LogP contribution < -0.4 is 22.9 Å². The van der Waals surface area contributed by atoms with Crippen LogP contribution in [0, 0.1) is 58.7 Å². The van der Waals surface area contributed by atoms with E-state index in [9.17, 15) is 73.3 Å². The molecule has 6 aliphatic carbocycles. The molecule has 0 radical (unpaired) electrons. The van der Waals surface area contributed by atoms with Gasteiger partial charge in [0.2, 0.25) is 0 Å². The van der Waals surface area contributed by atoms with Crippen molar-refractivity contribution in [2.45, 2.75) is 219 Å². The molecule has 6 saturated carbocycles. The van der Waals surface area contributed by atoms with Crippen LogP contribution in [0.1, 0.15) is 141 Å². The number of carboxylic acid groups (broad SMARTS) is 4. The highest BCUT2D eigenvalue weighted by atomic mass is 32.2. The van der Waals surface area contributed by atoms with Crippen molar-refractivity contribution in [3.05, 3.63) is 0 Å². The Morgan fingerprint density at radius 2 is 0.644 bits per heavy atom. The second kappa shape index (κ2) is 31.0. The third-order valence-electron chi connectivity index (χ3n) is 25.7. The Balaban J connectivity index is 0.000000139. The van der Waals surface area contributed by atoms with Crippen LogP contribution in [-0.2, 0) is 60.0 Å². The minimum atomic E-state index is -3.73. The topological polar surface area (TPSA) is 578 Å². The van der Waals surface area contributed by atoms with E-state index in [0.717, 1.165) is 83.5 Å². The first-order valence-electron chi connectivity index (χ1n) is 37.2. The molecular weight excluding hydrogens is 1440 g/mol. The van der Waals surface area contributed by atoms with Crippen molar-refractivity contribution in [1.82, 2.24) is 34.4 Å². The number of aliphatic carboxylic acids is 4. The molecular formula is C60H108B4N12O24S4. The van der Waals surface area contributed by atoms with Gasteiger partial charge in [-0.1, -0.05) is 44.9 Å². The second-order valence-electron chi connectivity index (χ2n) is 33.0. The molecule has 8 saturated heterocycles. The summed E-state index contributed by atoms with van der Waals surface area (Å²) in [7, 11) is -20.8. The SMILES string of the molecule is N[C@@]1(C(=O)O)CN(S(=O)(=O)N2C3C[C@@H]3CC3C[C@H]32)C[C@@H]1CCCB(O)O.N[C@@]1(C(=O)O)CN(S(=O)(=O)N2C3C[C@H]3CC3C[C@H]32)C[C@@H]1CCCB(O)O.N[C@@]1(C(=O)O)CN(S(=O)(=O)N2CC3(CCCCC3)C2)C[C@@H]1CCCB(O)O.N[C@@]1(C(=O)O)CN(S(=O)(=O)N2CCC[C@@H]3CC32)C[C@@H]1CCCB(O)O. The van der Waals surface area contributed by atoms with Gasteiger partial charge in [0.25, 0.3) is 40.8 Å². The van der Waals surface area contributed by atoms with E-state index in [1.54, 1.807) is 8.61 Å². The van der Waals surface area contributed by atoms with E-state index in [1.807, 2.05) is 0 Å². The third kappa shape index (κ3) is 17.0. The van der Waals surface area contributed by atoms with Gasteiger partial charge in [-0.2, -0.15) is 68.1 Å². The molecule has 14 fully saturated rings. The molecule has 0 amide bonds. The molecule has 0 bridgehead atoms. The number of nitrogens with two attached hydrogens (primary N) is 4. The highest BCUT2D eigenvalue weighted by Gasteiger charge is 2.67. The fraction of sp³-hybridized carbons (Fsp3) is 0.933. The molecule has 0 aromatic heterocycles. The molecule has 20 N–H and O–H groups in total. The van der Waals surface area contributed by atoms with Crippen LogP contribution in [0.5, 0.6) is 0 Å². The number of carbonyl (C=O) groups is 4. The number of fused-ring (bicyclic) bond motifs is 5. The zero-order valence-electron chi connectivity index (χ0n) is 58.8.